The van der Waals surface area contributed by atoms with Crippen molar-refractivity contribution in [2.75, 3.05) is 19.6 Å². The SMILES string of the molecule is CCCC(CNC(=O)C1(CCC)CCNC1)C(=O)O. The monoisotopic (exact) mass is 270 g/mol. The van der Waals surface area contributed by atoms with Crippen LogP contribution in [-0.4, -0.2) is 36.6 Å². The summed E-state index contributed by atoms with van der Waals surface area (Å²) in [4.78, 5) is 23.4. The number of carboxylic acids is 1. The quantitative estimate of drug-likeness (QED) is 0.622. The topological polar surface area (TPSA) is 78.4 Å². The zero-order valence-electron chi connectivity index (χ0n) is 12.0. The van der Waals surface area contributed by atoms with Crippen LogP contribution in [0.3, 0.4) is 0 Å². The summed E-state index contributed by atoms with van der Waals surface area (Å²) in [7, 11) is 0. The van der Waals surface area contributed by atoms with Crippen LogP contribution in [0.2, 0.25) is 0 Å². The van der Waals surface area contributed by atoms with Crippen LogP contribution >= 0.6 is 0 Å². The van der Waals surface area contributed by atoms with E-state index >= 15 is 0 Å². The molecule has 0 spiro atoms. The van der Waals surface area contributed by atoms with Crippen molar-refractivity contribution in [3.8, 4) is 0 Å². The molecule has 3 N–H and O–H groups in total. The van der Waals surface area contributed by atoms with Crippen molar-refractivity contribution in [2.45, 2.75) is 46.0 Å². The maximum absolute atomic E-state index is 12.3. The highest BCUT2D eigenvalue weighted by Gasteiger charge is 2.40. The predicted molar refractivity (Wildman–Crippen MR) is 73.9 cm³/mol. The van der Waals surface area contributed by atoms with Crippen LogP contribution in [-0.2, 0) is 9.59 Å². The highest BCUT2D eigenvalue weighted by Crippen LogP contribution is 2.31. The second kappa shape index (κ2) is 7.48. The third-order valence-electron chi connectivity index (χ3n) is 3.95. The Morgan fingerprint density at radius 2 is 2.11 bits per heavy atom. The summed E-state index contributed by atoms with van der Waals surface area (Å²) >= 11 is 0. The first-order valence-corrected chi connectivity index (χ1v) is 7.27. The van der Waals surface area contributed by atoms with Crippen LogP contribution < -0.4 is 10.6 Å². The average Bonchev–Trinajstić information content (AvgIpc) is 2.84. The lowest BCUT2D eigenvalue weighted by Gasteiger charge is -2.27. The van der Waals surface area contributed by atoms with E-state index in [9.17, 15) is 9.59 Å². The summed E-state index contributed by atoms with van der Waals surface area (Å²) in [5.41, 5.74) is -0.329. The van der Waals surface area contributed by atoms with Crippen LogP contribution in [0.25, 0.3) is 0 Å². The Morgan fingerprint density at radius 3 is 2.58 bits per heavy atom. The molecule has 1 aliphatic rings. The molecule has 0 bridgehead atoms. The van der Waals surface area contributed by atoms with E-state index < -0.39 is 11.9 Å². The normalized spacial score (nSPS) is 24.1. The van der Waals surface area contributed by atoms with Gasteiger partial charge in [-0.2, -0.15) is 0 Å². The molecule has 0 saturated carbocycles. The molecule has 1 rings (SSSR count). The van der Waals surface area contributed by atoms with E-state index in [0.717, 1.165) is 32.2 Å². The summed E-state index contributed by atoms with van der Waals surface area (Å²) in [5, 5.41) is 15.2. The van der Waals surface area contributed by atoms with E-state index in [0.29, 0.717) is 13.0 Å². The Labute approximate surface area is 115 Å². The maximum Gasteiger partial charge on any atom is 0.308 e. The third kappa shape index (κ3) is 4.20. The smallest absolute Gasteiger partial charge is 0.308 e. The van der Waals surface area contributed by atoms with Crippen LogP contribution in [0.15, 0.2) is 0 Å². The Hall–Kier alpha value is -1.10. The lowest BCUT2D eigenvalue weighted by atomic mass is 9.81. The van der Waals surface area contributed by atoms with Gasteiger partial charge in [0.05, 0.1) is 11.3 Å². The molecule has 5 heteroatoms. The first-order valence-electron chi connectivity index (χ1n) is 7.27. The number of rotatable bonds is 8. The van der Waals surface area contributed by atoms with Gasteiger partial charge >= 0.3 is 5.97 Å². The van der Waals surface area contributed by atoms with Gasteiger partial charge in [0.25, 0.3) is 0 Å². The molecular weight excluding hydrogens is 244 g/mol. The molecule has 5 nitrogen and oxygen atoms in total. The van der Waals surface area contributed by atoms with Crippen molar-refractivity contribution in [2.24, 2.45) is 11.3 Å². The molecule has 0 aliphatic carbocycles. The van der Waals surface area contributed by atoms with Gasteiger partial charge in [-0.05, 0) is 25.8 Å². The Kier molecular flexibility index (Phi) is 6.28. The van der Waals surface area contributed by atoms with Gasteiger partial charge in [-0.3, -0.25) is 9.59 Å². The van der Waals surface area contributed by atoms with Gasteiger partial charge in [0.2, 0.25) is 5.91 Å². The minimum Gasteiger partial charge on any atom is -0.481 e. The van der Waals surface area contributed by atoms with E-state index in [4.69, 9.17) is 5.11 Å². The molecule has 1 heterocycles. The van der Waals surface area contributed by atoms with Crippen molar-refractivity contribution in [1.82, 2.24) is 10.6 Å². The number of carbonyl (C=O) groups is 2. The van der Waals surface area contributed by atoms with Crippen molar-refractivity contribution in [3.63, 3.8) is 0 Å². The molecule has 1 aliphatic heterocycles. The maximum atomic E-state index is 12.3. The summed E-state index contributed by atoms with van der Waals surface area (Å²) < 4.78 is 0. The Morgan fingerprint density at radius 1 is 1.37 bits per heavy atom. The molecule has 110 valence electrons. The van der Waals surface area contributed by atoms with Crippen molar-refractivity contribution in [1.29, 1.82) is 0 Å². The number of hydrogen-bond acceptors (Lipinski definition) is 3. The molecule has 0 aromatic carbocycles. The minimum absolute atomic E-state index is 0.0155. The lowest BCUT2D eigenvalue weighted by Crippen LogP contribution is -2.45. The third-order valence-corrected chi connectivity index (χ3v) is 3.95. The highest BCUT2D eigenvalue weighted by atomic mass is 16.4. The van der Waals surface area contributed by atoms with Gasteiger partial charge in [0, 0.05) is 13.1 Å². The lowest BCUT2D eigenvalue weighted by molar-refractivity contribution is -0.142. The van der Waals surface area contributed by atoms with Gasteiger partial charge in [-0.25, -0.2) is 0 Å². The van der Waals surface area contributed by atoms with Crippen molar-refractivity contribution < 1.29 is 14.7 Å². The van der Waals surface area contributed by atoms with E-state index in [1.54, 1.807) is 0 Å². The number of amides is 1. The fourth-order valence-corrected chi connectivity index (χ4v) is 2.81. The van der Waals surface area contributed by atoms with Gasteiger partial charge < -0.3 is 15.7 Å². The first-order chi connectivity index (χ1) is 9.05. The zero-order valence-corrected chi connectivity index (χ0v) is 12.0. The molecule has 0 aromatic rings. The molecule has 1 amide bonds. The summed E-state index contributed by atoms with van der Waals surface area (Å²) in [5.74, 6) is -1.28. The Balaban J connectivity index is 2.54. The van der Waals surface area contributed by atoms with E-state index in [1.165, 1.54) is 0 Å². The molecular formula is C14H26N2O3. The number of carbonyl (C=O) groups excluding carboxylic acids is 1. The second-order valence-corrected chi connectivity index (χ2v) is 5.49. The molecule has 1 saturated heterocycles. The second-order valence-electron chi connectivity index (χ2n) is 5.49. The molecule has 0 aromatic heterocycles. The summed E-state index contributed by atoms with van der Waals surface area (Å²) in [6, 6.07) is 0. The van der Waals surface area contributed by atoms with E-state index in [-0.39, 0.29) is 17.9 Å². The van der Waals surface area contributed by atoms with E-state index in [1.807, 2.05) is 6.92 Å². The number of hydrogen-bond donors (Lipinski definition) is 3. The standard InChI is InChI=1S/C14H26N2O3/c1-3-5-11(12(17)18)9-16-13(19)14(6-4-2)7-8-15-10-14/h11,15H,3-10H2,1-2H3,(H,16,19)(H,17,18). The predicted octanol–water partition coefficient (Wildman–Crippen LogP) is 1.38. The average molecular weight is 270 g/mol. The van der Waals surface area contributed by atoms with Gasteiger partial charge in [0.1, 0.15) is 0 Å². The van der Waals surface area contributed by atoms with Crippen molar-refractivity contribution in [3.05, 3.63) is 0 Å². The molecule has 19 heavy (non-hydrogen) atoms. The van der Waals surface area contributed by atoms with Crippen LogP contribution in [0.5, 0.6) is 0 Å². The fourth-order valence-electron chi connectivity index (χ4n) is 2.81. The van der Waals surface area contributed by atoms with Crippen LogP contribution in [0.1, 0.15) is 46.0 Å². The number of aliphatic carboxylic acids is 1. The zero-order chi connectivity index (χ0) is 14.3. The number of nitrogens with one attached hydrogen (secondary N) is 2. The number of carboxylic acid groups (broad SMARTS) is 1. The largest absolute Gasteiger partial charge is 0.481 e. The van der Waals surface area contributed by atoms with Gasteiger partial charge in [-0.1, -0.05) is 26.7 Å². The first kappa shape index (κ1) is 16.0. The molecule has 0 radical (unpaired) electrons. The van der Waals surface area contributed by atoms with Crippen LogP contribution in [0.4, 0.5) is 0 Å². The van der Waals surface area contributed by atoms with Crippen LogP contribution in [0, 0.1) is 11.3 Å². The van der Waals surface area contributed by atoms with Gasteiger partial charge in [-0.15, -0.1) is 0 Å². The molecule has 2 unspecified atom stereocenters. The fraction of sp³-hybridized carbons (Fsp3) is 0.857. The van der Waals surface area contributed by atoms with Gasteiger partial charge in [0.15, 0.2) is 0 Å². The highest BCUT2D eigenvalue weighted by molar-refractivity contribution is 5.83. The Bertz CT molecular complexity index is 312. The summed E-state index contributed by atoms with van der Waals surface area (Å²) in [6.07, 6.45) is 4.09. The van der Waals surface area contributed by atoms with E-state index in [2.05, 4.69) is 17.6 Å². The molecule has 1 fully saturated rings. The van der Waals surface area contributed by atoms with Crippen molar-refractivity contribution >= 4 is 11.9 Å². The minimum atomic E-state index is -0.823. The molecule has 2 atom stereocenters. The summed E-state index contributed by atoms with van der Waals surface area (Å²) in [6.45, 7) is 5.85.